The van der Waals surface area contributed by atoms with Crippen molar-refractivity contribution in [2.24, 2.45) is 0 Å². The van der Waals surface area contributed by atoms with Crippen LogP contribution in [-0.4, -0.2) is 80.1 Å². The summed E-state index contributed by atoms with van der Waals surface area (Å²) in [6.07, 6.45) is 11.8. The van der Waals surface area contributed by atoms with E-state index in [1.807, 2.05) is 13.8 Å². The Morgan fingerprint density at radius 1 is 0.872 bits per heavy atom. The van der Waals surface area contributed by atoms with E-state index in [2.05, 4.69) is 20.6 Å². The molecule has 2 aromatic rings. The smallest absolute Gasteiger partial charge is 0.405 e. The highest BCUT2D eigenvalue weighted by atomic mass is 32.2. The summed E-state index contributed by atoms with van der Waals surface area (Å²) in [5.41, 5.74) is -2.25. The molecule has 218 valence electrons. The van der Waals surface area contributed by atoms with Crippen molar-refractivity contribution in [1.29, 1.82) is 0 Å². The van der Waals surface area contributed by atoms with Crippen LogP contribution in [-0.2, 0) is 0 Å². The minimum Gasteiger partial charge on any atom is -0.465 e. The maximum Gasteiger partial charge on any atom is 0.405 e. The lowest BCUT2D eigenvalue weighted by molar-refractivity contribution is -0.497. The molecule has 1 amide bonds. The van der Waals surface area contributed by atoms with Crippen LogP contribution in [0.5, 0.6) is 0 Å². The Labute approximate surface area is 229 Å². The zero-order valence-corrected chi connectivity index (χ0v) is 22.5. The molecule has 0 radical (unpaired) electrons. The third-order valence-electron chi connectivity index (χ3n) is 5.84. The molecular weight excluding hydrogens is 534 g/mol. The molecule has 0 atom stereocenters. The molecule has 39 heavy (non-hydrogen) atoms. The molecule has 0 bridgehead atoms. The molecule has 14 nitrogen and oxygen atoms in total. The van der Waals surface area contributed by atoms with Gasteiger partial charge in [0.15, 0.2) is 0 Å². The van der Waals surface area contributed by atoms with Gasteiger partial charge >= 0.3 is 18.0 Å². The molecule has 0 spiro atoms. The molecule has 0 aliphatic heterocycles. The summed E-state index contributed by atoms with van der Waals surface area (Å²) in [6, 6.07) is 6.22. The number of carbonyl (C=O) groups is 1. The Kier molecular flexibility index (Phi) is 11.4. The van der Waals surface area contributed by atoms with E-state index < -0.39 is 23.8 Å². The number of anilines is 2. The van der Waals surface area contributed by atoms with E-state index in [0.29, 0.717) is 28.5 Å². The minimum atomic E-state index is -4.07. The molecule has 2 saturated carbocycles. The SMILES string of the molecule is C1CCCC1.CC1(NC(=O)O)CC1.Cc1cnc(Nc2ccc(SNC(O)(C(O)(O)O)C(O)(O)O)cc2)nc1. The molecule has 11 N–H and O–H groups in total. The fourth-order valence-electron chi connectivity index (χ4n) is 3.14. The van der Waals surface area contributed by atoms with Gasteiger partial charge in [-0.3, -0.25) is 0 Å². The lowest BCUT2D eigenvalue weighted by Crippen LogP contribution is -2.74. The maximum absolute atomic E-state index is 9.94. The van der Waals surface area contributed by atoms with E-state index >= 15 is 0 Å². The van der Waals surface area contributed by atoms with E-state index in [0.717, 1.165) is 18.4 Å². The molecular formula is C24H37N5O9S. The summed E-state index contributed by atoms with van der Waals surface area (Å²) in [4.78, 5) is 18.5. The van der Waals surface area contributed by atoms with Crippen LogP contribution in [0.1, 0.15) is 57.4 Å². The summed E-state index contributed by atoms with van der Waals surface area (Å²) in [6.45, 7) is 3.75. The monoisotopic (exact) mass is 571 g/mol. The number of aromatic nitrogens is 2. The second-order valence-corrected chi connectivity index (χ2v) is 10.6. The second-order valence-electron chi connectivity index (χ2n) is 9.68. The van der Waals surface area contributed by atoms with Crippen molar-refractivity contribution in [3.8, 4) is 0 Å². The van der Waals surface area contributed by atoms with Gasteiger partial charge in [0.2, 0.25) is 5.95 Å². The maximum atomic E-state index is 9.94. The number of aryl methyl sites for hydroxylation is 1. The summed E-state index contributed by atoms with van der Waals surface area (Å²) in [5.74, 6) is -7.76. The number of hydrogen-bond donors (Lipinski definition) is 11. The van der Waals surface area contributed by atoms with Crippen LogP contribution < -0.4 is 15.4 Å². The summed E-state index contributed by atoms with van der Waals surface area (Å²) in [7, 11) is 0. The van der Waals surface area contributed by atoms with Crippen molar-refractivity contribution in [3.05, 3.63) is 42.2 Å². The van der Waals surface area contributed by atoms with Gasteiger partial charge in [0.1, 0.15) is 0 Å². The molecule has 0 unspecified atom stereocenters. The largest absolute Gasteiger partial charge is 0.465 e. The molecule has 0 saturated heterocycles. The number of hydrogen-bond acceptors (Lipinski definition) is 13. The van der Waals surface area contributed by atoms with Gasteiger partial charge in [0.25, 0.3) is 5.72 Å². The number of aliphatic hydroxyl groups is 7. The second kappa shape index (κ2) is 13.6. The number of amides is 1. The molecule has 1 heterocycles. The van der Waals surface area contributed by atoms with Crippen molar-refractivity contribution in [2.45, 2.75) is 86.9 Å². The molecule has 15 heteroatoms. The highest BCUT2D eigenvalue weighted by Crippen LogP contribution is 2.34. The molecule has 4 rings (SSSR count). The third kappa shape index (κ3) is 10.8. The predicted molar refractivity (Wildman–Crippen MR) is 141 cm³/mol. The third-order valence-corrected chi connectivity index (χ3v) is 6.74. The van der Waals surface area contributed by atoms with Crippen molar-refractivity contribution < 1.29 is 45.6 Å². The average Bonchev–Trinajstić information content (AvgIpc) is 3.28. The van der Waals surface area contributed by atoms with Crippen LogP contribution in [0.4, 0.5) is 16.4 Å². The first-order valence-corrected chi connectivity index (χ1v) is 13.0. The van der Waals surface area contributed by atoms with E-state index in [-0.39, 0.29) is 5.54 Å². The Morgan fingerprint density at radius 3 is 1.69 bits per heavy atom. The van der Waals surface area contributed by atoms with Crippen LogP contribution in [0.3, 0.4) is 0 Å². The van der Waals surface area contributed by atoms with Gasteiger partial charge < -0.3 is 51.5 Å². The number of rotatable bonds is 8. The van der Waals surface area contributed by atoms with E-state index in [4.69, 9.17) is 35.7 Å². The minimum absolute atomic E-state index is 0.0775. The van der Waals surface area contributed by atoms with Gasteiger partial charge in [0, 0.05) is 28.5 Å². The Morgan fingerprint density at radius 2 is 1.33 bits per heavy atom. The number of nitrogens with one attached hydrogen (secondary N) is 3. The summed E-state index contributed by atoms with van der Waals surface area (Å²) in [5, 5.41) is 77.6. The van der Waals surface area contributed by atoms with Gasteiger partial charge in [-0.25, -0.2) is 19.5 Å². The zero-order chi connectivity index (χ0) is 29.3. The van der Waals surface area contributed by atoms with Crippen molar-refractivity contribution in [1.82, 2.24) is 20.0 Å². The van der Waals surface area contributed by atoms with Gasteiger partial charge in [-0.05, 0) is 68.5 Å². The average molecular weight is 572 g/mol. The molecule has 2 aliphatic rings. The molecule has 2 fully saturated rings. The van der Waals surface area contributed by atoms with E-state index in [9.17, 15) is 9.90 Å². The highest BCUT2D eigenvalue weighted by Gasteiger charge is 2.62. The fourth-order valence-corrected chi connectivity index (χ4v) is 3.95. The van der Waals surface area contributed by atoms with Crippen molar-refractivity contribution >= 4 is 29.7 Å². The molecule has 1 aromatic heterocycles. The van der Waals surface area contributed by atoms with Crippen LogP contribution in [0.25, 0.3) is 0 Å². The van der Waals surface area contributed by atoms with Crippen LogP contribution in [0.15, 0.2) is 41.6 Å². The quantitative estimate of drug-likeness (QED) is 0.155. The first-order chi connectivity index (χ1) is 18.0. The van der Waals surface area contributed by atoms with Gasteiger partial charge in [-0.1, -0.05) is 32.1 Å². The number of nitrogens with zero attached hydrogens (tertiary/aromatic N) is 2. The predicted octanol–water partition coefficient (Wildman–Crippen LogP) is 0.832. The topological polar surface area (TPSA) is 241 Å². The first-order valence-electron chi connectivity index (χ1n) is 12.2. The van der Waals surface area contributed by atoms with Crippen molar-refractivity contribution in [2.75, 3.05) is 5.32 Å². The Balaban J connectivity index is 0.000000331. The Hall–Kier alpha value is -2.60. The van der Waals surface area contributed by atoms with Gasteiger partial charge in [-0.2, -0.15) is 0 Å². The number of carboxylic acid groups (broad SMARTS) is 1. The summed E-state index contributed by atoms with van der Waals surface area (Å²) < 4.78 is 1.79. The lowest BCUT2D eigenvalue weighted by Gasteiger charge is -2.39. The lowest BCUT2D eigenvalue weighted by atomic mass is 10.1. The van der Waals surface area contributed by atoms with Gasteiger partial charge in [0.05, 0.1) is 0 Å². The first kappa shape index (κ1) is 32.6. The molecule has 1 aromatic carbocycles. The van der Waals surface area contributed by atoms with Gasteiger partial charge in [-0.15, -0.1) is 0 Å². The molecule has 2 aliphatic carbocycles. The van der Waals surface area contributed by atoms with Crippen LogP contribution >= 0.6 is 11.9 Å². The van der Waals surface area contributed by atoms with Crippen LogP contribution in [0.2, 0.25) is 0 Å². The fraction of sp³-hybridized carbons (Fsp3) is 0.542. The zero-order valence-electron chi connectivity index (χ0n) is 21.7. The number of benzene rings is 1. The highest BCUT2D eigenvalue weighted by molar-refractivity contribution is 7.97. The standard InChI is InChI=1S/C14H18N4O7S.C5H9NO2.C5H10/c1-8-6-15-11(16-7-8)17-9-2-4-10(5-3-9)26-18-12(19,13(20,21)22)14(23,24)25;1-5(2-3-5)6-4(7)8;1-2-4-5-3-1/h2-7,18-25H,1H3,(H,15,16,17);6H,2-3H2,1H3,(H,7,8);1-5H2. The normalized spacial score (nSPS) is 16.2. The van der Waals surface area contributed by atoms with Crippen molar-refractivity contribution in [3.63, 3.8) is 0 Å². The summed E-state index contributed by atoms with van der Waals surface area (Å²) >= 11 is 0.479. The van der Waals surface area contributed by atoms with E-state index in [1.54, 1.807) is 29.2 Å². The van der Waals surface area contributed by atoms with E-state index in [1.165, 1.54) is 44.2 Å². The van der Waals surface area contributed by atoms with Crippen LogP contribution in [0, 0.1) is 6.92 Å². The Bertz CT molecular complexity index is 1010.